The summed E-state index contributed by atoms with van der Waals surface area (Å²) >= 11 is 0. The molecule has 0 N–H and O–H groups in total. The van der Waals surface area contributed by atoms with Gasteiger partial charge in [0, 0.05) is 0 Å². The highest BCUT2D eigenvalue weighted by Crippen LogP contribution is 2.24. The summed E-state index contributed by atoms with van der Waals surface area (Å²) < 4.78 is 24.1. The second kappa shape index (κ2) is 3.65. The molecule has 0 bridgehead atoms. The molecule has 0 fully saturated rings. The Balaban J connectivity index is 2.61. The van der Waals surface area contributed by atoms with E-state index in [1.807, 2.05) is 13.0 Å². The lowest BCUT2D eigenvalue weighted by atomic mass is 9.97. The SMILES string of the molecule is CCC1=CC=C(C(F)F)CC1. The van der Waals surface area contributed by atoms with Gasteiger partial charge in [-0.3, -0.25) is 0 Å². The van der Waals surface area contributed by atoms with Crippen molar-refractivity contribution < 1.29 is 8.78 Å². The summed E-state index contributed by atoms with van der Waals surface area (Å²) in [7, 11) is 0. The van der Waals surface area contributed by atoms with Crippen molar-refractivity contribution >= 4 is 0 Å². The van der Waals surface area contributed by atoms with E-state index in [-0.39, 0.29) is 5.57 Å². The number of hydrogen-bond acceptors (Lipinski definition) is 0. The van der Waals surface area contributed by atoms with Gasteiger partial charge in [-0.15, -0.1) is 0 Å². The summed E-state index contributed by atoms with van der Waals surface area (Å²) in [6.45, 7) is 2.05. The molecular weight excluding hydrogens is 146 g/mol. The summed E-state index contributed by atoms with van der Waals surface area (Å²) in [4.78, 5) is 0. The normalized spacial score (nSPS) is 18.2. The summed E-state index contributed by atoms with van der Waals surface area (Å²) in [5.41, 5.74) is 1.55. The summed E-state index contributed by atoms with van der Waals surface area (Å²) in [6.07, 6.45) is 3.46. The average molecular weight is 158 g/mol. The molecule has 0 atom stereocenters. The van der Waals surface area contributed by atoms with E-state index >= 15 is 0 Å². The van der Waals surface area contributed by atoms with Crippen LogP contribution in [0.25, 0.3) is 0 Å². The molecule has 1 aliphatic rings. The van der Waals surface area contributed by atoms with Crippen molar-refractivity contribution in [3.63, 3.8) is 0 Å². The van der Waals surface area contributed by atoms with Crippen LogP contribution in [0.2, 0.25) is 0 Å². The Hall–Kier alpha value is -0.660. The zero-order valence-corrected chi connectivity index (χ0v) is 6.61. The third kappa shape index (κ3) is 2.14. The zero-order chi connectivity index (χ0) is 8.27. The van der Waals surface area contributed by atoms with E-state index < -0.39 is 6.43 Å². The van der Waals surface area contributed by atoms with Crippen molar-refractivity contribution in [1.29, 1.82) is 0 Å². The molecule has 0 nitrogen and oxygen atoms in total. The second-order valence-corrected chi connectivity index (χ2v) is 2.72. The molecule has 2 heteroatoms. The maximum Gasteiger partial charge on any atom is 0.260 e. The van der Waals surface area contributed by atoms with Crippen molar-refractivity contribution in [3.05, 3.63) is 23.3 Å². The first-order valence-corrected chi connectivity index (χ1v) is 3.90. The molecule has 1 aliphatic carbocycles. The molecule has 62 valence electrons. The smallest absolute Gasteiger partial charge is 0.205 e. The van der Waals surface area contributed by atoms with Gasteiger partial charge in [0.2, 0.25) is 0 Å². The summed E-state index contributed by atoms with van der Waals surface area (Å²) in [5.74, 6) is 0. The first kappa shape index (κ1) is 8.44. The lowest BCUT2D eigenvalue weighted by Gasteiger charge is -2.12. The monoisotopic (exact) mass is 158 g/mol. The molecule has 0 spiro atoms. The number of halogens is 2. The third-order valence-corrected chi connectivity index (χ3v) is 2.00. The fraction of sp³-hybridized carbons (Fsp3) is 0.556. The van der Waals surface area contributed by atoms with Crippen LogP contribution in [0, 0.1) is 0 Å². The molecular formula is C9H12F2. The molecule has 0 amide bonds. The maximum atomic E-state index is 12.1. The van der Waals surface area contributed by atoms with E-state index in [4.69, 9.17) is 0 Å². The lowest BCUT2D eigenvalue weighted by Crippen LogP contribution is -2.00. The number of rotatable bonds is 2. The van der Waals surface area contributed by atoms with E-state index in [0.29, 0.717) is 6.42 Å². The van der Waals surface area contributed by atoms with Crippen LogP contribution >= 0.6 is 0 Å². The van der Waals surface area contributed by atoms with Gasteiger partial charge in [0.05, 0.1) is 0 Å². The van der Waals surface area contributed by atoms with Crippen molar-refractivity contribution in [2.75, 3.05) is 0 Å². The van der Waals surface area contributed by atoms with Gasteiger partial charge in [-0.25, -0.2) is 8.78 Å². The first-order valence-electron chi connectivity index (χ1n) is 3.90. The highest BCUT2D eigenvalue weighted by Gasteiger charge is 2.13. The Morgan fingerprint density at radius 1 is 1.36 bits per heavy atom. The topological polar surface area (TPSA) is 0 Å². The summed E-state index contributed by atoms with van der Waals surface area (Å²) in [5, 5.41) is 0. The number of alkyl halides is 2. The van der Waals surface area contributed by atoms with E-state index in [1.54, 1.807) is 6.08 Å². The predicted molar refractivity (Wildman–Crippen MR) is 41.7 cm³/mol. The van der Waals surface area contributed by atoms with Crippen molar-refractivity contribution in [3.8, 4) is 0 Å². The first-order chi connectivity index (χ1) is 5.24. The fourth-order valence-corrected chi connectivity index (χ4v) is 1.17. The quantitative estimate of drug-likeness (QED) is 0.578. The van der Waals surface area contributed by atoms with Crippen LogP contribution in [0.4, 0.5) is 8.78 Å². The van der Waals surface area contributed by atoms with Crippen LogP contribution in [0.5, 0.6) is 0 Å². The maximum absolute atomic E-state index is 12.1. The second-order valence-electron chi connectivity index (χ2n) is 2.72. The van der Waals surface area contributed by atoms with E-state index in [9.17, 15) is 8.78 Å². The van der Waals surface area contributed by atoms with Gasteiger partial charge in [0.25, 0.3) is 6.43 Å². The minimum atomic E-state index is -2.26. The van der Waals surface area contributed by atoms with Gasteiger partial charge in [-0.05, 0) is 24.8 Å². The van der Waals surface area contributed by atoms with Crippen LogP contribution in [0.15, 0.2) is 23.3 Å². The van der Waals surface area contributed by atoms with Gasteiger partial charge in [0.1, 0.15) is 0 Å². The standard InChI is InChI=1S/C9H12F2/c1-2-7-3-5-8(6-4-7)9(10)11/h3,5,9H,2,4,6H2,1H3. The van der Waals surface area contributed by atoms with Crippen molar-refractivity contribution in [2.24, 2.45) is 0 Å². The highest BCUT2D eigenvalue weighted by molar-refractivity contribution is 5.24. The van der Waals surface area contributed by atoms with Crippen molar-refractivity contribution in [1.82, 2.24) is 0 Å². The molecule has 0 radical (unpaired) electrons. The Labute approximate surface area is 65.6 Å². The number of allylic oxidation sites excluding steroid dienone is 4. The molecule has 0 saturated carbocycles. The van der Waals surface area contributed by atoms with E-state index in [2.05, 4.69) is 0 Å². The zero-order valence-electron chi connectivity index (χ0n) is 6.61. The molecule has 11 heavy (non-hydrogen) atoms. The van der Waals surface area contributed by atoms with Gasteiger partial charge in [-0.2, -0.15) is 0 Å². The minimum absolute atomic E-state index is 0.280. The van der Waals surface area contributed by atoms with Crippen molar-refractivity contribution in [2.45, 2.75) is 32.6 Å². The summed E-state index contributed by atoms with van der Waals surface area (Å²) in [6, 6.07) is 0. The largest absolute Gasteiger partial charge is 0.260 e. The van der Waals surface area contributed by atoms with Gasteiger partial charge < -0.3 is 0 Å². The van der Waals surface area contributed by atoms with Crippen LogP contribution in [-0.2, 0) is 0 Å². The number of hydrogen-bond donors (Lipinski definition) is 0. The van der Waals surface area contributed by atoms with Crippen LogP contribution in [-0.4, -0.2) is 6.43 Å². The molecule has 0 heterocycles. The Morgan fingerprint density at radius 2 is 2.09 bits per heavy atom. The molecule has 0 aromatic carbocycles. The predicted octanol–water partition coefficient (Wildman–Crippen LogP) is 3.31. The van der Waals surface area contributed by atoms with Crippen LogP contribution < -0.4 is 0 Å². The Bertz CT molecular complexity index is 190. The molecule has 0 unspecified atom stereocenters. The van der Waals surface area contributed by atoms with E-state index in [0.717, 1.165) is 12.8 Å². The van der Waals surface area contributed by atoms with Gasteiger partial charge >= 0.3 is 0 Å². The third-order valence-electron chi connectivity index (χ3n) is 2.00. The van der Waals surface area contributed by atoms with Crippen LogP contribution in [0.3, 0.4) is 0 Å². The minimum Gasteiger partial charge on any atom is -0.205 e. The molecule has 1 rings (SSSR count). The molecule has 0 saturated heterocycles. The lowest BCUT2D eigenvalue weighted by molar-refractivity contribution is 0.184. The molecule has 0 aromatic rings. The van der Waals surface area contributed by atoms with Crippen LogP contribution in [0.1, 0.15) is 26.2 Å². The molecule has 0 aliphatic heterocycles. The van der Waals surface area contributed by atoms with Gasteiger partial charge in [-0.1, -0.05) is 24.6 Å². The fourth-order valence-electron chi connectivity index (χ4n) is 1.17. The average Bonchev–Trinajstić information content (AvgIpc) is 2.05. The van der Waals surface area contributed by atoms with Gasteiger partial charge in [0.15, 0.2) is 0 Å². The Kier molecular flexibility index (Phi) is 2.80. The highest BCUT2D eigenvalue weighted by atomic mass is 19.3. The van der Waals surface area contributed by atoms with E-state index in [1.165, 1.54) is 5.57 Å². The molecule has 0 aromatic heterocycles. The Morgan fingerprint density at radius 3 is 2.45 bits per heavy atom.